The largest absolute Gasteiger partial charge is 0.374 e. The van der Waals surface area contributed by atoms with Gasteiger partial charge in [-0.05, 0) is 56.8 Å². The fourth-order valence-corrected chi connectivity index (χ4v) is 2.83. The molecular weight excluding hydrogens is 277 g/mol. The molecule has 3 atom stereocenters. The van der Waals surface area contributed by atoms with E-state index in [1.165, 1.54) is 6.07 Å². The molecule has 0 amide bonds. The van der Waals surface area contributed by atoms with Crippen LogP contribution in [0, 0.1) is 5.82 Å². The highest BCUT2D eigenvalue weighted by molar-refractivity contribution is 6.30. The van der Waals surface area contributed by atoms with Gasteiger partial charge in [0.1, 0.15) is 5.82 Å². The summed E-state index contributed by atoms with van der Waals surface area (Å²) in [5.74, 6) is -0.348. The van der Waals surface area contributed by atoms with Gasteiger partial charge in [-0.1, -0.05) is 24.6 Å². The Balaban J connectivity index is 2.04. The van der Waals surface area contributed by atoms with Crippen LogP contribution in [0.4, 0.5) is 4.39 Å². The van der Waals surface area contributed by atoms with Crippen molar-refractivity contribution in [3.05, 3.63) is 34.6 Å². The van der Waals surface area contributed by atoms with Crippen molar-refractivity contribution in [2.24, 2.45) is 0 Å². The van der Waals surface area contributed by atoms with E-state index in [2.05, 4.69) is 19.2 Å². The maximum Gasteiger partial charge on any atom is 0.142 e. The summed E-state index contributed by atoms with van der Waals surface area (Å²) >= 11 is 5.73. The van der Waals surface area contributed by atoms with E-state index in [9.17, 15) is 4.39 Å². The average molecular weight is 300 g/mol. The predicted octanol–water partition coefficient (Wildman–Crippen LogP) is 3.96. The Bertz CT molecular complexity index is 440. The quantitative estimate of drug-likeness (QED) is 0.858. The second kappa shape index (κ2) is 7.39. The van der Waals surface area contributed by atoms with Crippen LogP contribution in [-0.4, -0.2) is 24.8 Å². The van der Waals surface area contributed by atoms with E-state index >= 15 is 0 Å². The van der Waals surface area contributed by atoms with Gasteiger partial charge in [-0.15, -0.1) is 0 Å². The highest BCUT2D eigenvalue weighted by Crippen LogP contribution is 2.24. The summed E-state index contributed by atoms with van der Waals surface area (Å²) in [5, 5.41) is 3.71. The predicted molar refractivity (Wildman–Crippen MR) is 80.8 cm³/mol. The molecular formula is C16H23ClFNO. The molecule has 1 fully saturated rings. The number of nitrogens with one attached hydrogen (secondary N) is 1. The van der Waals surface area contributed by atoms with Crippen molar-refractivity contribution in [3.8, 4) is 0 Å². The molecule has 1 heterocycles. The summed E-state index contributed by atoms with van der Waals surface area (Å²) in [7, 11) is 0. The molecule has 3 unspecified atom stereocenters. The summed E-state index contributed by atoms with van der Waals surface area (Å²) in [6, 6.07) is 5.29. The summed E-state index contributed by atoms with van der Waals surface area (Å²) < 4.78 is 19.5. The van der Waals surface area contributed by atoms with Crippen LogP contribution in [0.25, 0.3) is 0 Å². The van der Waals surface area contributed by atoms with Gasteiger partial charge in [0.25, 0.3) is 0 Å². The van der Waals surface area contributed by atoms with E-state index in [4.69, 9.17) is 16.3 Å². The van der Waals surface area contributed by atoms with Gasteiger partial charge >= 0.3 is 0 Å². The van der Waals surface area contributed by atoms with E-state index in [1.54, 1.807) is 6.07 Å². The fourth-order valence-electron chi connectivity index (χ4n) is 2.71. The summed E-state index contributed by atoms with van der Waals surface area (Å²) in [4.78, 5) is 0. The molecule has 20 heavy (non-hydrogen) atoms. The van der Waals surface area contributed by atoms with Crippen molar-refractivity contribution >= 4 is 11.6 Å². The Hall–Kier alpha value is -0.640. The fraction of sp³-hybridized carbons (Fsp3) is 0.625. The minimum Gasteiger partial charge on any atom is -0.374 e. The third kappa shape index (κ3) is 4.18. The van der Waals surface area contributed by atoms with Crippen molar-refractivity contribution in [1.82, 2.24) is 5.32 Å². The Kier molecular flexibility index (Phi) is 5.82. The van der Waals surface area contributed by atoms with Crippen molar-refractivity contribution < 1.29 is 9.13 Å². The van der Waals surface area contributed by atoms with Gasteiger partial charge in [-0.25, -0.2) is 4.39 Å². The molecule has 4 heteroatoms. The molecule has 0 spiro atoms. The number of hydrogen-bond donors (Lipinski definition) is 1. The molecule has 2 rings (SSSR count). The van der Waals surface area contributed by atoms with Crippen molar-refractivity contribution in [2.45, 2.75) is 57.8 Å². The minimum atomic E-state index is -0.348. The molecule has 2 nitrogen and oxygen atoms in total. The van der Waals surface area contributed by atoms with Gasteiger partial charge in [0.2, 0.25) is 0 Å². The molecule has 0 aliphatic carbocycles. The normalized spacial score (nSPS) is 24.0. The maximum absolute atomic E-state index is 13.5. The zero-order chi connectivity index (χ0) is 14.5. The lowest BCUT2D eigenvalue weighted by Crippen LogP contribution is -2.42. The molecule has 1 aromatic carbocycles. The Labute approximate surface area is 125 Å². The minimum absolute atomic E-state index is 0.178. The lowest BCUT2D eigenvalue weighted by atomic mass is 9.99. The number of ether oxygens (including phenoxy) is 1. The van der Waals surface area contributed by atoms with Gasteiger partial charge in [-0.2, -0.15) is 0 Å². The highest BCUT2D eigenvalue weighted by atomic mass is 35.5. The standard InChI is InChI=1S/C16H23ClFNO/c1-3-8-19-15(16-7-4-11(2)20-16)10-12-5-6-13(17)14(18)9-12/h5-6,9,11,15-16,19H,3-4,7-8,10H2,1-2H3. The first-order valence-electron chi connectivity index (χ1n) is 7.43. The van der Waals surface area contributed by atoms with E-state index in [1.807, 2.05) is 6.07 Å². The average Bonchev–Trinajstić information content (AvgIpc) is 2.85. The zero-order valence-electron chi connectivity index (χ0n) is 12.2. The van der Waals surface area contributed by atoms with Crippen LogP contribution < -0.4 is 5.32 Å². The molecule has 1 aliphatic rings. The molecule has 112 valence electrons. The van der Waals surface area contributed by atoms with Crippen molar-refractivity contribution in [2.75, 3.05) is 6.54 Å². The molecule has 0 radical (unpaired) electrons. The Morgan fingerprint density at radius 1 is 1.45 bits per heavy atom. The summed E-state index contributed by atoms with van der Waals surface area (Å²) in [6.45, 7) is 5.21. The summed E-state index contributed by atoms with van der Waals surface area (Å²) in [6.07, 6.45) is 4.56. The second-order valence-electron chi connectivity index (χ2n) is 5.58. The molecule has 0 aromatic heterocycles. The van der Waals surface area contributed by atoms with Crippen LogP contribution in [0.1, 0.15) is 38.7 Å². The maximum atomic E-state index is 13.5. The van der Waals surface area contributed by atoms with Crippen LogP contribution in [0.5, 0.6) is 0 Å². The monoisotopic (exact) mass is 299 g/mol. The third-order valence-corrected chi connectivity index (χ3v) is 4.12. The molecule has 1 saturated heterocycles. The smallest absolute Gasteiger partial charge is 0.142 e. The Morgan fingerprint density at radius 3 is 2.85 bits per heavy atom. The van der Waals surface area contributed by atoms with Gasteiger partial charge < -0.3 is 10.1 Å². The van der Waals surface area contributed by atoms with Crippen molar-refractivity contribution in [1.29, 1.82) is 0 Å². The van der Waals surface area contributed by atoms with Gasteiger partial charge in [0.05, 0.1) is 17.2 Å². The van der Waals surface area contributed by atoms with Gasteiger partial charge in [0, 0.05) is 6.04 Å². The summed E-state index contributed by atoms with van der Waals surface area (Å²) in [5.41, 5.74) is 0.962. The number of benzene rings is 1. The first-order valence-corrected chi connectivity index (χ1v) is 7.80. The lowest BCUT2D eigenvalue weighted by molar-refractivity contribution is 0.0320. The van der Waals surface area contributed by atoms with Crippen LogP contribution in [0.15, 0.2) is 18.2 Å². The van der Waals surface area contributed by atoms with Crippen LogP contribution >= 0.6 is 11.6 Å². The number of halogens is 2. The van der Waals surface area contributed by atoms with Crippen molar-refractivity contribution in [3.63, 3.8) is 0 Å². The van der Waals surface area contributed by atoms with Crippen LogP contribution in [-0.2, 0) is 11.2 Å². The van der Waals surface area contributed by atoms with E-state index in [0.717, 1.165) is 37.8 Å². The van der Waals surface area contributed by atoms with E-state index < -0.39 is 0 Å². The lowest BCUT2D eigenvalue weighted by Gasteiger charge is -2.25. The van der Waals surface area contributed by atoms with Gasteiger partial charge in [-0.3, -0.25) is 0 Å². The Morgan fingerprint density at radius 2 is 2.25 bits per heavy atom. The number of hydrogen-bond acceptors (Lipinski definition) is 2. The number of rotatable bonds is 6. The third-order valence-electron chi connectivity index (χ3n) is 3.81. The molecule has 1 aliphatic heterocycles. The molecule has 1 N–H and O–H groups in total. The van der Waals surface area contributed by atoms with E-state index in [0.29, 0.717) is 6.10 Å². The van der Waals surface area contributed by atoms with Gasteiger partial charge in [0.15, 0.2) is 0 Å². The zero-order valence-corrected chi connectivity index (χ0v) is 12.9. The molecule has 0 bridgehead atoms. The first-order chi connectivity index (χ1) is 9.60. The topological polar surface area (TPSA) is 21.3 Å². The molecule has 0 saturated carbocycles. The van der Waals surface area contributed by atoms with Crippen LogP contribution in [0.2, 0.25) is 5.02 Å². The first kappa shape index (κ1) is 15.7. The van der Waals surface area contributed by atoms with Crippen LogP contribution in [0.3, 0.4) is 0 Å². The SMILES string of the molecule is CCCNC(Cc1ccc(Cl)c(F)c1)C1CCC(C)O1. The van der Waals surface area contributed by atoms with E-state index in [-0.39, 0.29) is 23.0 Å². The second-order valence-corrected chi connectivity index (χ2v) is 5.98. The highest BCUT2D eigenvalue weighted by Gasteiger charge is 2.29. The molecule has 1 aromatic rings.